The number of rotatable bonds is 6. The van der Waals surface area contributed by atoms with Crippen LogP contribution in [0.25, 0.3) is 56.0 Å². The third-order valence-corrected chi connectivity index (χ3v) is 8.07. The summed E-state index contributed by atoms with van der Waals surface area (Å²) >= 11 is 0. The molecule has 1 atom stereocenters. The van der Waals surface area contributed by atoms with E-state index < -0.39 is 0 Å². The Kier molecular flexibility index (Phi) is 8.24. The van der Waals surface area contributed by atoms with E-state index >= 15 is 0 Å². The highest BCUT2D eigenvalue weighted by molar-refractivity contribution is 5.97. The largest absolute Gasteiger partial charge is 0.411 e. The first-order valence-corrected chi connectivity index (χ1v) is 15.6. The molecule has 8 rings (SSSR count). The van der Waals surface area contributed by atoms with Crippen LogP contribution in [-0.2, 0) is 14.1 Å². The van der Waals surface area contributed by atoms with Crippen molar-refractivity contribution in [2.75, 3.05) is 0 Å². The molecule has 6 heterocycles. The summed E-state index contributed by atoms with van der Waals surface area (Å²) < 4.78 is 7.16. The van der Waals surface area contributed by atoms with Crippen molar-refractivity contribution >= 4 is 27.5 Å². The van der Waals surface area contributed by atoms with Gasteiger partial charge in [-0.3, -0.25) is 14.3 Å². The number of fused-ring (bicyclic) bond motifs is 2. The van der Waals surface area contributed by atoms with Gasteiger partial charge in [-0.1, -0.05) is 41.6 Å². The fourth-order valence-corrected chi connectivity index (χ4v) is 5.47. The second-order valence-corrected chi connectivity index (χ2v) is 11.7. The van der Waals surface area contributed by atoms with Crippen molar-refractivity contribution in [1.82, 2.24) is 49.1 Å². The Balaban J connectivity index is 0.000000154. The lowest BCUT2D eigenvalue weighted by molar-refractivity contribution is 0.319. The second-order valence-electron chi connectivity index (χ2n) is 11.7. The summed E-state index contributed by atoms with van der Waals surface area (Å²) in [7, 11) is 3.77. The lowest BCUT2D eigenvalue weighted by atomic mass is 10.1. The van der Waals surface area contributed by atoms with E-state index in [1.807, 2.05) is 122 Å². The maximum Gasteiger partial charge on any atom is 0.175 e. The van der Waals surface area contributed by atoms with E-state index in [2.05, 4.69) is 53.7 Å². The summed E-state index contributed by atoms with van der Waals surface area (Å²) in [4.78, 5) is 9.24. The van der Waals surface area contributed by atoms with Crippen molar-refractivity contribution in [3.63, 3.8) is 0 Å². The Morgan fingerprint density at radius 1 is 0.714 bits per heavy atom. The fourth-order valence-electron chi connectivity index (χ4n) is 5.47. The third-order valence-electron chi connectivity index (χ3n) is 8.07. The Hall–Kier alpha value is -6.47. The molecule has 0 aliphatic heterocycles. The van der Waals surface area contributed by atoms with Gasteiger partial charge in [0.15, 0.2) is 11.6 Å². The average Bonchev–Trinajstić information content (AvgIpc) is 3.94. The molecule has 49 heavy (non-hydrogen) atoms. The zero-order chi connectivity index (χ0) is 34.1. The average molecular weight is 651 g/mol. The smallest absolute Gasteiger partial charge is 0.175 e. The van der Waals surface area contributed by atoms with Gasteiger partial charge in [0.05, 0.1) is 46.2 Å². The number of aromatic nitrogens is 10. The van der Waals surface area contributed by atoms with Crippen molar-refractivity contribution < 1.29 is 5.21 Å². The molecule has 0 bridgehead atoms. The minimum absolute atomic E-state index is 0.0901. The van der Waals surface area contributed by atoms with Gasteiger partial charge in [-0.05, 0) is 50.2 Å². The first-order chi connectivity index (χ1) is 23.8. The molecule has 244 valence electrons. The highest BCUT2D eigenvalue weighted by Crippen LogP contribution is 2.27. The predicted molar refractivity (Wildman–Crippen MR) is 189 cm³/mol. The van der Waals surface area contributed by atoms with Gasteiger partial charge in [-0.2, -0.15) is 20.4 Å². The highest BCUT2D eigenvalue weighted by Gasteiger charge is 2.12. The topological polar surface area (TPSA) is 156 Å². The van der Waals surface area contributed by atoms with Gasteiger partial charge in [0.2, 0.25) is 0 Å². The summed E-state index contributed by atoms with van der Waals surface area (Å²) in [6.07, 6.45) is 7.45. The zero-order valence-corrected chi connectivity index (χ0v) is 27.4. The minimum Gasteiger partial charge on any atom is -0.411 e. The van der Waals surface area contributed by atoms with Crippen LogP contribution >= 0.6 is 0 Å². The quantitative estimate of drug-likeness (QED) is 0.129. The molecule has 0 spiro atoms. The number of pyridine rings is 2. The van der Waals surface area contributed by atoms with E-state index in [4.69, 9.17) is 10.9 Å². The van der Waals surface area contributed by atoms with Crippen molar-refractivity contribution in [1.29, 1.82) is 0 Å². The number of nitrogens with zero attached hydrogens (tertiary/aromatic N) is 11. The van der Waals surface area contributed by atoms with Crippen LogP contribution in [0.15, 0.2) is 115 Å². The SMILES string of the molecule is C/C(=N/O)c1cccc(-c2ccc3cnn(-c4ccn(C)n4)c3c2)n1.CC(N)c1cccc(-c2ccc3cnn(-c4ccn(C)n4)c3c2)n1. The van der Waals surface area contributed by atoms with E-state index in [0.29, 0.717) is 11.4 Å². The first kappa shape index (κ1) is 31.1. The van der Waals surface area contributed by atoms with Crippen molar-refractivity contribution in [2.45, 2.75) is 19.9 Å². The molecule has 1 unspecified atom stereocenters. The summed E-state index contributed by atoms with van der Waals surface area (Å²) in [5.41, 5.74) is 13.6. The van der Waals surface area contributed by atoms with Crippen molar-refractivity contribution in [3.05, 3.63) is 121 Å². The van der Waals surface area contributed by atoms with Crippen LogP contribution < -0.4 is 5.73 Å². The normalized spacial score (nSPS) is 12.3. The summed E-state index contributed by atoms with van der Waals surface area (Å²) in [5, 5.41) is 32.0. The third kappa shape index (κ3) is 6.30. The van der Waals surface area contributed by atoms with Crippen molar-refractivity contribution in [3.8, 4) is 34.2 Å². The summed E-state index contributed by atoms with van der Waals surface area (Å²) in [5.74, 6) is 1.56. The fraction of sp³-hybridized carbons (Fsp3) is 0.139. The molecule has 13 heteroatoms. The number of hydrogen-bond acceptors (Lipinski definition) is 9. The first-order valence-electron chi connectivity index (χ1n) is 15.6. The molecule has 0 aliphatic rings. The molecule has 0 saturated heterocycles. The Bertz CT molecular complexity index is 2450. The molecule has 0 fully saturated rings. The molecular formula is C36H34N12O. The lowest BCUT2D eigenvalue weighted by Crippen LogP contribution is -2.07. The van der Waals surface area contributed by atoms with E-state index in [1.54, 1.807) is 16.3 Å². The van der Waals surface area contributed by atoms with E-state index in [1.165, 1.54) is 0 Å². The van der Waals surface area contributed by atoms with E-state index in [-0.39, 0.29) is 6.04 Å². The number of benzene rings is 2. The van der Waals surface area contributed by atoms with E-state index in [9.17, 15) is 0 Å². The van der Waals surface area contributed by atoms with Gasteiger partial charge >= 0.3 is 0 Å². The molecule has 0 amide bonds. The molecule has 3 N–H and O–H groups in total. The lowest BCUT2D eigenvalue weighted by Gasteiger charge is -2.08. The van der Waals surface area contributed by atoms with Gasteiger partial charge in [-0.25, -0.2) is 14.3 Å². The number of oxime groups is 1. The van der Waals surface area contributed by atoms with Crippen LogP contribution in [0, 0.1) is 0 Å². The maximum atomic E-state index is 8.96. The molecule has 6 aromatic heterocycles. The van der Waals surface area contributed by atoms with Gasteiger partial charge in [0, 0.05) is 66.6 Å². The Morgan fingerprint density at radius 3 is 1.73 bits per heavy atom. The number of hydrogen-bond donors (Lipinski definition) is 2. The highest BCUT2D eigenvalue weighted by atomic mass is 16.4. The van der Waals surface area contributed by atoms with Crippen LogP contribution in [0.4, 0.5) is 0 Å². The maximum absolute atomic E-state index is 8.96. The second kappa shape index (κ2) is 13.0. The van der Waals surface area contributed by atoms with Crippen LogP contribution in [0.5, 0.6) is 0 Å². The molecule has 2 aromatic carbocycles. The van der Waals surface area contributed by atoms with Crippen LogP contribution in [0.2, 0.25) is 0 Å². The van der Waals surface area contributed by atoms with Gasteiger partial charge < -0.3 is 10.9 Å². The summed E-state index contributed by atoms with van der Waals surface area (Å²) in [6.45, 7) is 3.65. The predicted octanol–water partition coefficient (Wildman–Crippen LogP) is 5.86. The Labute approximate surface area is 281 Å². The van der Waals surface area contributed by atoms with Gasteiger partial charge in [-0.15, -0.1) is 0 Å². The number of aryl methyl sites for hydroxylation is 2. The summed E-state index contributed by atoms with van der Waals surface area (Å²) in [6, 6.07) is 27.6. The van der Waals surface area contributed by atoms with Gasteiger partial charge in [0.1, 0.15) is 5.71 Å². The van der Waals surface area contributed by atoms with Crippen LogP contribution in [-0.4, -0.2) is 60.0 Å². The standard InChI is InChI=1S/C18H16N6O.C18H18N6/c1-12(22-25)15-4-3-5-16(20-15)13-6-7-14-11-19-24(17(14)10-13)18-8-9-23(2)21-18;1-12(19)15-4-3-5-16(21-15)13-6-7-14-11-20-24(17(14)10-13)18-8-9-23(2)22-18/h3-11,25H,1-2H3;3-12H,19H2,1-2H3/b22-12-;. The molecule has 0 radical (unpaired) electrons. The molecular weight excluding hydrogens is 616 g/mol. The molecule has 8 aromatic rings. The van der Waals surface area contributed by atoms with Crippen LogP contribution in [0.3, 0.4) is 0 Å². The molecule has 13 nitrogen and oxygen atoms in total. The van der Waals surface area contributed by atoms with E-state index in [0.717, 1.165) is 61.7 Å². The van der Waals surface area contributed by atoms with Crippen molar-refractivity contribution in [2.24, 2.45) is 25.0 Å². The molecule has 0 saturated carbocycles. The zero-order valence-electron chi connectivity index (χ0n) is 27.4. The Morgan fingerprint density at radius 2 is 1.24 bits per heavy atom. The minimum atomic E-state index is -0.0901. The van der Waals surface area contributed by atoms with Crippen LogP contribution in [0.1, 0.15) is 31.3 Å². The monoisotopic (exact) mass is 650 g/mol. The van der Waals surface area contributed by atoms with Gasteiger partial charge in [0.25, 0.3) is 0 Å². The molecule has 0 aliphatic carbocycles. The number of nitrogens with two attached hydrogens (primary N) is 1.